The van der Waals surface area contributed by atoms with Gasteiger partial charge in [0.25, 0.3) is 5.91 Å². The predicted octanol–water partition coefficient (Wildman–Crippen LogP) is 3.95. The molecule has 32 heavy (non-hydrogen) atoms. The van der Waals surface area contributed by atoms with Gasteiger partial charge in [0.2, 0.25) is 5.91 Å². The predicted molar refractivity (Wildman–Crippen MR) is 120 cm³/mol. The van der Waals surface area contributed by atoms with Crippen LogP contribution in [0.1, 0.15) is 48.5 Å². The number of ketones is 1. The number of esters is 1. The van der Waals surface area contributed by atoms with E-state index in [0.29, 0.717) is 29.1 Å². The highest BCUT2D eigenvalue weighted by Gasteiger charge is 2.48. The molecule has 0 spiro atoms. The lowest BCUT2D eigenvalue weighted by atomic mass is 9.74. The Labute approximate surface area is 191 Å². The molecular formula is C24H25ClN2O5. The summed E-state index contributed by atoms with van der Waals surface area (Å²) in [6.07, 6.45) is 2.32. The first-order valence-electron chi connectivity index (χ1n) is 10.4. The van der Waals surface area contributed by atoms with Gasteiger partial charge in [0.1, 0.15) is 5.54 Å². The molecule has 0 heterocycles. The van der Waals surface area contributed by atoms with Crippen LogP contribution in [0.4, 0.5) is 5.69 Å². The van der Waals surface area contributed by atoms with Crippen LogP contribution >= 0.6 is 11.6 Å². The fraction of sp³-hybridized carbons (Fsp3) is 0.333. The van der Waals surface area contributed by atoms with Gasteiger partial charge in [-0.1, -0.05) is 35.9 Å². The number of halogens is 1. The fourth-order valence-corrected chi connectivity index (χ4v) is 4.37. The zero-order valence-corrected chi connectivity index (χ0v) is 18.8. The van der Waals surface area contributed by atoms with Crippen LogP contribution in [-0.2, 0) is 24.7 Å². The minimum atomic E-state index is -1.19. The van der Waals surface area contributed by atoms with E-state index >= 15 is 0 Å². The number of likely N-dealkylation sites (N-methyl/N-ethyl adjacent to an activating group) is 1. The second-order valence-electron chi connectivity index (χ2n) is 7.76. The molecule has 1 fully saturated rings. The summed E-state index contributed by atoms with van der Waals surface area (Å²) >= 11 is 6.41. The van der Waals surface area contributed by atoms with Crippen molar-refractivity contribution in [3.8, 4) is 0 Å². The second-order valence-corrected chi connectivity index (χ2v) is 8.17. The number of hydrogen-bond donors (Lipinski definition) is 1. The molecule has 7 nitrogen and oxygen atoms in total. The van der Waals surface area contributed by atoms with Gasteiger partial charge in [-0.25, -0.2) is 4.79 Å². The molecule has 1 aliphatic rings. The van der Waals surface area contributed by atoms with E-state index in [2.05, 4.69) is 5.32 Å². The van der Waals surface area contributed by atoms with Gasteiger partial charge in [0.05, 0.1) is 5.56 Å². The van der Waals surface area contributed by atoms with Crippen LogP contribution in [0.25, 0.3) is 0 Å². The summed E-state index contributed by atoms with van der Waals surface area (Å²) in [5, 5.41) is 3.00. The van der Waals surface area contributed by atoms with Crippen molar-refractivity contribution in [3.05, 3.63) is 64.7 Å². The third-order valence-electron chi connectivity index (χ3n) is 5.67. The number of anilines is 1. The van der Waals surface area contributed by atoms with Crippen LogP contribution in [0.15, 0.2) is 48.5 Å². The summed E-state index contributed by atoms with van der Waals surface area (Å²) in [5.41, 5.74) is 0.0319. The zero-order valence-electron chi connectivity index (χ0n) is 18.0. The Hall–Kier alpha value is -3.19. The topological polar surface area (TPSA) is 92.8 Å². The highest BCUT2D eigenvalue weighted by Crippen LogP contribution is 2.42. The van der Waals surface area contributed by atoms with Gasteiger partial charge >= 0.3 is 5.97 Å². The third kappa shape index (κ3) is 4.83. The van der Waals surface area contributed by atoms with Gasteiger partial charge in [-0.2, -0.15) is 0 Å². The first kappa shape index (κ1) is 23.5. The summed E-state index contributed by atoms with van der Waals surface area (Å²) in [6.45, 7) is 0.833. The molecular weight excluding hydrogens is 432 g/mol. The molecule has 168 valence electrons. The van der Waals surface area contributed by atoms with Gasteiger partial charge in [-0.15, -0.1) is 0 Å². The largest absolute Gasteiger partial charge is 0.452 e. The molecule has 0 radical (unpaired) electrons. The summed E-state index contributed by atoms with van der Waals surface area (Å²) in [6, 6.07) is 13.2. The molecule has 1 N–H and O–H groups in total. The van der Waals surface area contributed by atoms with E-state index in [1.807, 2.05) is 0 Å². The van der Waals surface area contributed by atoms with Gasteiger partial charge in [-0.3, -0.25) is 14.4 Å². The average molecular weight is 457 g/mol. The van der Waals surface area contributed by atoms with E-state index in [-0.39, 0.29) is 17.3 Å². The van der Waals surface area contributed by atoms with Crippen molar-refractivity contribution in [2.24, 2.45) is 0 Å². The lowest BCUT2D eigenvalue weighted by Crippen LogP contribution is -2.55. The van der Waals surface area contributed by atoms with Crippen molar-refractivity contribution in [1.29, 1.82) is 0 Å². The maximum atomic E-state index is 13.1. The highest BCUT2D eigenvalue weighted by atomic mass is 35.5. The molecule has 0 bridgehead atoms. The molecule has 2 amide bonds. The Morgan fingerprint density at radius 3 is 2.56 bits per heavy atom. The SMILES string of the molecule is CC(=O)Nc1cccc(C(=O)OCC(=O)N(C)C2(c3ccccc3Cl)CCCCC2=O)c1. The molecule has 0 aliphatic heterocycles. The Balaban J connectivity index is 1.77. The lowest BCUT2D eigenvalue weighted by Gasteiger charge is -2.43. The second kappa shape index (κ2) is 9.96. The highest BCUT2D eigenvalue weighted by molar-refractivity contribution is 6.31. The third-order valence-corrected chi connectivity index (χ3v) is 5.99. The number of benzene rings is 2. The number of ether oxygens (including phenoxy) is 1. The summed E-state index contributed by atoms with van der Waals surface area (Å²) in [7, 11) is 1.54. The van der Waals surface area contributed by atoms with Crippen molar-refractivity contribution >= 4 is 40.9 Å². The molecule has 1 saturated carbocycles. The van der Waals surface area contributed by atoms with Gasteiger partial charge in [0.15, 0.2) is 12.4 Å². The summed E-state index contributed by atoms with van der Waals surface area (Å²) in [4.78, 5) is 51.2. The standard InChI is InChI=1S/C24H25ClN2O5/c1-16(28)26-18-9-7-8-17(14-18)23(31)32-15-22(30)27(2)24(13-6-5-12-21(24)29)19-10-3-4-11-20(19)25/h3-4,7-11,14H,5-6,12-13,15H2,1-2H3,(H,26,28). The fourth-order valence-electron chi connectivity index (χ4n) is 4.08. The first-order valence-corrected chi connectivity index (χ1v) is 10.7. The van der Waals surface area contributed by atoms with E-state index < -0.39 is 24.0 Å². The van der Waals surface area contributed by atoms with Crippen LogP contribution in [-0.4, -0.2) is 42.1 Å². The number of hydrogen-bond acceptors (Lipinski definition) is 5. The van der Waals surface area contributed by atoms with Crippen LogP contribution in [0.5, 0.6) is 0 Å². The van der Waals surface area contributed by atoms with Gasteiger partial charge in [-0.05, 0) is 43.5 Å². The first-order chi connectivity index (χ1) is 15.3. The summed E-state index contributed by atoms with van der Waals surface area (Å²) < 4.78 is 5.22. The van der Waals surface area contributed by atoms with E-state index in [4.69, 9.17) is 16.3 Å². The normalized spacial score (nSPS) is 18.0. The quantitative estimate of drug-likeness (QED) is 0.664. The maximum absolute atomic E-state index is 13.1. The maximum Gasteiger partial charge on any atom is 0.338 e. The summed E-state index contributed by atoms with van der Waals surface area (Å²) in [5.74, 6) is -1.57. The van der Waals surface area contributed by atoms with Crippen molar-refractivity contribution in [2.45, 2.75) is 38.1 Å². The number of nitrogens with zero attached hydrogens (tertiary/aromatic N) is 1. The Morgan fingerprint density at radius 2 is 1.88 bits per heavy atom. The average Bonchev–Trinajstić information content (AvgIpc) is 2.77. The van der Waals surface area contributed by atoms with E-state index in [1.54, 1.807) is 43.4 Å². The van der Waals surface area contributed by atoms with E-state index in [0.717, 1.165) is 12.8 Å². The Kier molecular flexibility index (Phi) is 7.30. The lowest BCUT2D eigenvalue weighted by molar-refractivity contribution is -0.150. The van der Waals surface area contributed by atoms with Crippen molar-refractivity contribution in [2.75, 3.05) is 19.0 Å². The molecule has 3 rings (SSSR count). The number of Topliss-reactive ketones (excluding diaryl/α,β-unsaturated/α-hetero) is 1. The van der Waals surface area contributed by atoms with Gasteiger partial charge < -0.3 is 15.0 Å². The van der Waals surface area contributed by atoms with Crippen LogP contribution in [0, 0.1) is 0 Å². The van der Waals surface area contributed by atoms with Crippen LogP contribution in [0.3, 0.4) is 0 Å². The van der Waals surface area contributed by atoms with Crippen molar-refractivity contribution in [3.63, 3.8) is 0 Å². The number of carbonyl (C=O) groups is 4. The van der Waals surface area contributed by atoms with Crippen molar-refractivity contribution < 1.29 is 23.9 Å². The minimum Gasteiger partial charge on any atom is -0.452 e. The Morgan fingerprint density at radius 1 is 1.12 bits per heavy atom. The zero-order chi connectivity index (χ0) is 23.3. The van der Waals surface area contributed by atoms with E-state index in [9.17, 15) is 19.2 Å². The number of carbonyl (C=O) groups excluding carboxylic acids is 4. The van der Waals surface area contributed by atoms with E-state index in [1.165, 1.54) is 24.0 Å². The molecule has 1 aliphatic carbocycles. The number of amides is 2. The molecule has 2 aromatic rings. The van der Waals surface area contributed by atoms with Crippen LogP contribution < -0.4 is 5.32 Å². The van der Waals surface area contributed by atoms with Crippen molar-refractivity contribution in [1.82, 2.24) is 4.90 Å². The number of rotatable bonds is 6. The molecule has 0 saturated heterocycles. The molecule has 8 heteroatoms. The molecule has 2 aromatic carbocycles. The smallest absolute Gasteiger partial charge is 0.338 e. The molecule has 0 aromatic heterocycles. The van der Waals surface area contributed by atoms with Crippen LogP contribution in [0.2, 0.25) is 5.02 Å². The van der Waals surface area contributed by atoms with Gasteiger partial charge in [0, 0.05) is 36.7 Å². The number of nitrogens with one attached hydrogen (secondary N) is 1. The minimum absolute atomic E-state index is 0.0814. The molecule has 1 atom stereocenters. The Bertz CT molecular complexity index is 1050. The molecule has 1 unspecified atom stereocenters. The monoisotopic (exact) mass is 456 g/mol.